The van der Waals surface area contributed by atoms with Gasteiger partial charge in [0.25, 0.3) is 5.56 Å². The molecular weight excluding hydrogens is 350 g/mol. The molecule has 0 fully saturated rings. The van der Waals surface area contributed by atoms with Gasteiger partial charge in [-0.25, -0.2) is 4.79 Å². The van der Waals surface area contributed by atoms with Gasteiger partial charge in [-0.3, -0.25) is 4.79 Å². The quantitative estimate of drug-likeness (QED) is 0.616. The summed E-state index contributed by atoms with van der Waals surface area (Å²) < 4.78 is 6.83. The van der Waals surface area contributed by atoms with Gasteiger partial charge >= 0.3 is 5.97 Å². The first-order chi connectivity index (χ1) is 13.2. The molecule has 0 bridgehead atoms. The topological polar surface area (TPSA) is 48.3 Å². The Kier molecular flexibility index (Phi) is 5.41. The highest BCUT2D eigenvalue weighted by molar-refractivity contribution is 5.94. The van der Waals surface area contributed by atoms with Gasteiger partial charge in [0.05, 0.1) is 18.7 Å². The van der Waals surface area contributed by atoms with Gasteiger partial charge in [0, 0.05) is 0 Å². The van der Waals surface area contributed by atoms with Crippen LogP contribution < -0.4 is 5.56 Å². The van der Waals surface area contributed by atoms with E-state index in [0.29, 0.717) is 6.54 Å². The van der Waals surface area contributed by atoms with Crippen molar-refractivity contribution in [2.24, 2.45) is 0 Å². The highest BCUT2D eigenvalue weighted by Gasteiger charge is 2.18. The lowest BCUT2D eigenvalue weighted by atomic mass is 9.99. The molecule has 3 aromatic rings. The first kappa shape index (κ1) is 19.9. The number of hydrogen-bond donors (Lipinski definition) is 0. The summed E-state index contributed by atoms with van der Waals surface area (Å²) in [6, 6.07) is 9.96. The summed E-state index contributed by atoms with van der Waals surface area (Å²) in [4.78, 5) is 25.7. The van der Waals surface area contributed by atoms with Gasteiger partial charge in [-0.15, -0.1) is 0 Å². The fourth-order valence-corrected chi connectivity index (χ4v) is 3.77. The van der Waals surface area contributed by atoms with Crippen molar-refractivity contribution in [3.05, 3.63) is 79.6 Å². The number of pyridine rings is 1. The van der Waals surface area contributed by atoms with E-state index in [1.807, 2.05) is 26.0 Å². The van der Waals surface area contributed by atoms with Crippen molar-refractivity contribution in [3.8, 4) is 0 Å². The molecule has 4 heteroatoms. The number of nitrogens with zero attached hydrogens (tertiary/aromatic N) is 1. The van der Waals surface area contributed by atoms with Gasteiger partial charge in [0.15, 0.2) is 0 Å². The number of aromatic nitrogens is 1. The summed E-state index contributed by atoms with van der Waals surface area (Å²) in [5.74, 6) is -0.571. The second kappa shape index (κ2) is 7.63. The summed E-state index contributed by atoms with van der Waals surface area (Å²) >= 11 is 0. The third-order valence-electron chi connectivity index (χ3n) is 5.36. The van der Waals surface area contributed by atoms with Gasteiger partial charge in [0.1, 0.15) is 5.56 Å². The minimum atomic E-state index is -0.571. The summed E-state index contributed by atoms with van der Waals surface area (Å²) in [7, 11) is 0. The normalized spacial score (nSPS) is 11.1. The highest BCUT2D eigenvalue weighted by Crippen LogP contribution is 2.23. The van der Waals surface area contributed by atoms with E-state index in [1.165, 1.54) is 5.56 Å². The van der Waals surface area contributed by atoms with Gasteiger partial charge in [-0.1, -0.05) is 17.7 Å². The molecule has 0 atom stereocenters. The summed E-state index contributed by atoms with van der Waals surface area (Å²) in [6.07, 6.45) is 0. The fraction of sp³-hybridized carbons (Fsp3) is 0.333. The number of esters is 1. The second-order valence-corrected chi connectivity index (χ2v) is 7.54. The van der Waals surface area contributed by atoms with Crippen LogP contribution in [0, 0.1) is 34.6 Å². The number of carbonyl (C=O) groups excluding carboxylic acids is 1. The van der Waals surface area contributed by atoms with E-state index in [0.717, 1.165) is 38.7 Å². The maximum atomic E-state index is 13.3. The lowest BCUT2D eigenvalue weighted by Crippen LogP contribution is -2.28. The fourth-order valence-electron chi connectivity index (χ4n) is 3.77. The maximum absolute atomic E-state index is 13.3. The summed E-state index contributed by atoms with van der Waals surface area (Å²) in [5, 5.41) is 0.869. The predicted octanol–water partition coefficient (Wildman–Crippen LogP) is 4.77. The van der Waals surface area contributed by atoms with Crippen LogP contribution in [0.4, 0.5) is 0 Å². The van der Waals surface area contributed by atoms with Gasteiger partial charge in [0.2, 0.25) is 0 Å². The zero-order chi connectivity index (χ0) is 20.6. The third-order valence-corrected chi connectivity index (χ3v) is 5.36. The van der Waals surface area contributed by atoms with Crippen LogP contribution in [0.3, 0.4) is 0 Å². The molecule has 0 saturated heterocycles. The number of fused-ring (bicyclic) bond motifs is 1. The van der Waals surface area contributed by atoms with Crippen molar-refractivity contribution in [1.82, 2.24) is 4.57 Å². The molecule has 0 aliphatic heterocycles. The third kappa shape index (κ3) is 3.59. The van der Waals surface area contributed by atoms with Crippen molar-refractivity contribution in [3.63, 3.8) is 0 Å². The predicted molar refractivity (Wildman–Crippen MR) is 113 cm³/mol. The molecule has 2 aromatic carbocycles. The Morgan fingerprint density at radius 1 is 0.893 bits per heavy atom. The Labute approximate surface area is 165 Å². The van der Waals surface area contributed by atoms with Gasteiger partial charge in [-0.05, 0) is 92.9 Å². The van der Waals surface area contributed by atoms with E-state index < -0.39 is 5.97 Å². The van der Waals surface area contributed by atoms with Crippen molar-refractivity contribution in [2.75, 3.05) is 6.61 Å². The first-order valence-electron chi connectivity index (χ1n) is 9.61. The lowest BCUT2D eigenvalue weighted by Gasteiger charge is -2.17. The molecule has 3 rings (SSSR count). The number of hydrogen-bond acceptors (Lipinski definition) is 3. The second-order valence-electron chi connectivity index (χ2n) is 7.54. The molecule has 0 spiro atoms. The van der Waals surface area contributed by atoms with E-state index in [4.69, 9.17) is 4.74 Å². The SMILES string of the molecule is CCOC(=O)c1cc2cc(C)c(C)cc2n(Cc2c(C)cc(C)cc2C)c1=O. The first-order valence-corrected chi connectivity index (χ1v) is 9.61. The van der Waals surface area contributed by atoms with Crippen molar-refractivity contribution < 1.29 is 9.53 Å². The highest BCUT2D eigenvalue weighted by atomic mass is 16.5. The van der Waals surface area contributed by atoms with Crippen LogP contribution in [0.25, 0.3) is 10.9 Å². The molecular formula is C24H27NO3. The number of rotatable bonds is 4. The number of carbonyl (C=O) groups is 1. The Balaban J connectivity index is 2.30. The minimum Gasteiger partial charge on any atom is -0.462 e. The Morgan fingerprint density at radius 2 is 1.50 bits per heavy atom. The standard InChI is InChI=1S/C24H27NO3/c1-7-28-24(27)20-12-19-10-15(3)16(4)11-22(19)25(23(20)26)13-21-17(5)8-14(2)9-18(21)6/h8-12H,7,13H2,1-6H3. The zero-order valence-electron chi connectivity index (χ0n) is 17.5. The Morgan fingerprint density at radius 3 is 2.11 bits per heavy atom. The smallest absolute Gasteiger partial charge is 0.343 e. The molecule has 0 aliphatic carbocycles. The number of aryl methyl sites for hydroxylation is 5. The maximum Gasteiger partial charge on any atom is 0.343 e. The van der Waals surface area contributed by atoms with Crippen molar-refractivity contribution in [2.45, 2.75) is 48.1 Å². The molecule has 0 aliphatic rings. The minimum absolute atomic E-state index is 0.0834. The largest absolute Gasteiger partial charge is 0.462 e. The van der Waals surface area contributed by atoms with Crippen LogP contribution in [-0.2, 0) is 11.3 Å². The van der Waals surface area contributed by atoms with Gasteiger partial charge in [-0.2, -0.15) is 0 Å². The van der Waals surface area contributed by atoms with Gasteiger partial charge < -0.3 is 9.30 Å². The van der Waals surface area contributed by atoms with E-state index in [9.17, 15) is 9.59 Å². The molecule has 4 nitrogen and oxygen atoms in total. The molecule has 0 amide bonds. The monoisotopic (exact) mass is 377 g/mol. The Hall–Kier alpha value is -2.88. The molecule has 0 radical (unpaired) electrons. The van der Waals surface area contributed by atoms with E-state index in [1.54, 1.807) is 17.6 Å². The van der Waals surface area contributed by atoms with Crippen LogP contribution in [-0.4, -0.2) is 17.1 Å². The summed E-state index contributed by atoms with van der Waals surface area (Å²) in [6.45, 7) is 12.7. The van der Waals surface area contributed by atoms with Crippen LogP contribution >= 0.6 is 0 Å². The molecule has 0 N–H and O–H groups in total. The average Bonchev–Trinajstić information content (AvgIpc) is 2.61. The van der Waals surface area contributed by atoms with E-state index in [-0.39, 0.29) is 17.7 Å². The van der Waals surface area contributed by atoms with Crippen LogP contribution in [0.1, 0.15) is 50.7 Å². The molecule has 1 heterocycles. The molecule has 0 saturated carbocycles. The molecule has 0 unspecified atom stereocenters. The van der Waals surface area contributed by atoms with E-state index >= 15 is 0 Å². The van der Waals surface area contributed by atoms with E-state index in [2.05, 4.69) is 32.9 Å². The van der Waals surface area contributed by atoms with Crippen LogP contribution in [0.2, 0.25) is 0 Å². The molecule has 1 aromatic heterocycles. The summed E-state index contributed by atoms with van der Waals surface area (Å²) in [5.41, 5.74) is 7.42. The Bertz CT molecular complexity index is 1120. The number of ether oxygens (including phenoxy) is 1. The van der Waals surface area contributed by atoms with Crippen LogP contribution in [0.15, 0.2) is 35.1 Å². The zero-order valence-corrected chi connectivity index (χ0v) is 17.5. The number of benzene rings is 2. The molecule has 146 valence electrons. The average molecular weight is 377 g/mol. The van der Waals surface area contributed by atoms with Crippen molar-refractivity contribution >= 4 is 16.9 Å². The van der Waals surface area contributed by atoms with Crippen LogP contribution in [0.5, 0.6) is 0 Å². The molecule has 28 heavy (non-hydrogen) atoms. The lowest BCUT2D eigenvalue weighted by molar-refractivity contribution is 0.0524. The van der Waals surface area contributed by atoms with Crippen molar-refractivity contribution in [1.29, 1.82) is 0 Å².